The first kappa shape index (κ1) is 15.3. The second-order valence-corrected chi connectivity index (χ2v) is 6.05. The van der Waals surface area contributed by atoms with Crippen LogP contribution in [0.25, 0.3) is 0 Å². The van der Waals surface area contributed by atoms with Gasteiger partial charge >= 0.3 is 5.69 Å². The Bertz CT molecular complexity index is 696. The molecule has 0 bridgehead atoms. The smallest absolute Gasteiger partial charge is 0.329 e. The largest absolute Gasteiger partial charge is 0.381 e. The Balaban J connectivity index is 2.48. The first-order valence-electron chi connectivity index (χ1n) is 6.83. The highest BCUT2D eigenvalue weighted by Crippen LogP contribution is 2.33. The van der Waals surface area contributed by atoms with Crippen molar-refractivity contribution in [2.75, 3.05) is 25.1 Å². The number of ether oxygens (including phenoxy) is 1. The normalized spacial score (nSPS) is 21.1. The molecule has 1 unspecified atom stereocenters. The summed E-state index contributed by atoms with van der Waals surface area (Å²) in [7, 11) is 3.04. The fourth-order valence-corrected chi connectivity index (χ4v) is 2.91. The van der Waals surface area contributed by atoms with Crippen molar-refractivity contribution in [2.45, 2.75) is 26.4 Å². The zero-order valence-electron chi connectivity index (χ0n) is 12.8. The van der Waals surface area contributed by atoms with E-state index in [1.807, 2.05) is 11.0 Å². The van der Waals surface area contributed by atoms with Gasteiger partial charge in [0.25, 0.3) is 5.56 Å². The van der Waals surface area contributed by atoms with E-state index < -0.39 is 11.2 Å². The van der Waals surface area contributed by atoms with Crippen molar-refractivity contribution in [3.8, 4) is 6.07 Å². The average molecular weight is 292 g/mol. The van der Waals surface area contributed by atoms with Crippen LogP contribution in [0.15, 0.2) is 9.59 Å². The number of piperidine rings is 1. The maximum atomic E-state index is 12.0. The minimum absolute atomic E-state index is 0.0243. The molecule has 1 saturated heterocycles. The van der Waals surface area contributed by atoms with Crippen molar-refractivity contribution >= 4 is 5.82 Å². The van der Waals surface area contributed by atoms with Crippen molar-refractivity contribution in [3.05, 3.63) is 26.4 Å². The Labute approximate surface area is 122 Å². The number of nitrogens with one attached hydrogen (secondary N) is 1. The maximum absolute atomic E-state index is 12.0. The molecule has 1 fully saturated rings. The zero-order valence-corrected chi connectivity index (χ0v) is 12.8. The lowest BCUT2D eigenvalue weighted by Crippen LogP contribution is -2.51. The minimum atomic E-state index is -0.567. The molecule has 114 valence electrons. The molecule has 0 aromatic carbocycles. The Morgan fingerprint density at radius 2 is 2.10 bits per heavy atom. The molecular weight excluding hydrogens is 272 g/mol. The summed E-state index contributed by atoms with van der Waals surface area (Å²) in [6, 6.07) is 1.91. The molecule has 2 rings (SSSR count). The molecule has 1 N–H and O–H groups in total. The lowest BCUT2D eigenvalue weighted by atomic mass is 9.81. The highest BCUT2D eigenvalue weighted by atomic mass is 16.5. The molecule has 0 saturated carbocycles. The molecule has 1 aromatic rings. The van der Waals surface area contributed by atoms with Crippen LogP contribution in [0.4, 0.5) is 5.82 Å². The molecule has 7 nitrogen and oxygen atoms in total. The van der Waals surface area contributed by atoms with Crippen molar-refractivity contribution in [1.29, 1.82) is 5.26 Å². The van der Waals surface area contributed by atoms with Crippen LogP contribution in [0.3, 0.4) is 0 Å². The average Bonchev–Trinajstić information content (AvgIpc) is 2.43. The molecule has 0 amide bonds. The van der Waals surface area contributed by atoms with Crippen molar-refractivity contribution in [1.82, 2.24) is 9.55 Å². The SMILES string of the molecule is COC1CCN(c2[nH]c(=O)n(C)c(=O)c2C#N)CC1(C)C. The van der Waals surface area contributed by atoms with Crippen LogP contribution in [0.5, 0.6) is 0 Å². The van der Waals surface area contributed by atoms with Gasteiger partial charge in [-0.1, -0.05) is 13.8 Å². The predicted octanol–water partition coefficient (Wildman–Crippen LogP) is 0.197. The number of H-pyrrole nitrogens is 1. The van der Waals surface area contributed by atoms with Gasteiger partial charge in [-0.25, -0.2) is 4.79 Å². The van der Waals surface area contributed by atoms with Gasteiger partial charge in [-0.15, -0.1) is 0 Å². The molecule has 7 heteroatoms. The van der Waals surface area contributed by atoms with Crippen LogP contribution < -0.4 is 16.1 Å². The van der Waals surface area contributed by atoms with Gasteiger partial charge in [-0.2, -0.15) is 5.26 Å². The number of nitrogens with zero attached hydrogens (tertiary/aromatic N) is 3. The topological polar surface area (TPSA) is 91.1 Å². The number of anilines is 1. The monoisotopic (exact) mass is 292 g/mol. The van der Waals surface area contributed by atoms with Gasteiger partial charge < -0.3 is 9.64 Å². The minimum Gasteiger partial charge on any atom is -0.381 e. The summed E-state index contributed by atoms with van der Waals surface area (Å²) in [6.07, 6.45) is 0.878. The molecule has 21 heavy (non-hydrogen) atoms. The van der Waals surface area contributed by atoms with Crippen LogP contribution in [0.1, 0.15) is 25.8 Å². The Morgan fingerprint density at radius 3 is 2.62 bits per heavy atom. The van der Waals surface area contributed by atoms with E-state index in [0.29, 0.717) is 18.9 Å². The van der Waals surface area contributed by atoms with Gasteiger partial charge in [0, 0.05) is 32.7 Å². The van der Waals surface area contributed by atoms with Gasteiger partial charge in [-0.05, 0) is 6.42 Å². The number of hydrogen-bond donors (Lipinski definition) is 1. The van der Waals surface area contributed by atoms with E-state index in [-0.39, 0.29) is 17.1 Å². The zero-order chi connectivity index (χ0) is 15.8. The fraction of sp³-hybridized carbons (Fsp3) is 0.643. The van der Waals surface area contributed by atoms with Gasteiger partial charge in [0.2, 0.25) is 0 Å². The standard InChI is InChI=1S/C14H20N4O3/c1-14(2)8-18(6-5-10(14)21-4)11-9(7-15)12(19)17(3)13(20)16-11/h10H,5-6,8H2,1-4H3,(H,16,20). The molecule has 0 radical (unpaired) electrons. The second-order valence-electron chi connectivity index (χ2n) is 6.05. The maximum Gasteiger partial charge on any atom is 0.329 e. The summed E-state index contributed by atoms with van der Waals surface area (Å²) >= 11 is 0. The van der Waals surface area contributed by atoms with Gasteiger partial charge in [0.1, 0.15) is 11.9 Å². The molecule has 2 heterocycles. The quantitative estimate of drug-likeness (QED) is 0.840. The van der Waals surface area contributed by atoms with Crippen molar-refractivity contribution in [3.63, 3.8) is 0 Å². The van der Waals surface area contributed by atoms with E-state index in [9.17, 15) is 14.9 Å². The summed E-state index contributed by atoms with van der Waals surface area (Å²) in [5, 5.41) is 9.24. The van der Waals surface area contributed by atoms with Crippen molar-refractivity contribution in [2.24, 2.45) is 12.5 Å². The molecule has 1 aromatic heterocycles. The van der Waals surface area contributed by atoms with Crippen LogP contribution in [-0.2, 0) is 11.8 Å². The van der Waals surface area contributed by atoms with Gasteiger partial charge in [0.05, 0.1) is 6.10 Å². The molecular formula is C14H20N4O3. The first-order chi connectivity index (χ1) is 9.81. The van der Waals surface area contributed by atoms with Gasteiger partial charge in [-0.3, -0.25) is 14.3 Å². The van der Waals surface area contributed by atoms with Crippen LogP contribution in [-0.4, -0.2) is 35.9 Å². The number of aromatic amines is 1. The number of rotatable bonds is 2. The lowest BCUT2D eigenvalue weighted by Gasteiger charge is -2.44. The Kier molecular flexibility index (Phi) is 3.92. The first-order valence-corrected chi connectivity index (χ1v) is 6.83. The summed E-state index contributed by atoms with van der Waals surface area (Å²) < 4.78 is 6.40. The van der Waals surface area contributed by atoms with E-state index in [1.54, 1.807) is 7.11 Å². The molecule has 1 aliphatic rings. The van der Waals surface area contributed by atoms with Crippen LogP contribution in [0, 0.1) is 16.7 Å². The van der Waals surface area contributed by atoms with Crippen LogP contribution >= 0.6 is 0 Å². The number of aromatic nitrogens is 2. The predicted molar refractivity (Wildman–Crippen MR) is 78.4 cm³/mol. The van der Waals surface area contributed by atoms with E-state index in [0.717, 1.165) is 11.0 Å². The fourth-order valence-electron chi connectivity index (χ4n) is 2.91. The second kappa shape index (κ2) is 5.37. The highest BCUT2D eigenvalue weighted by Gasteiger charge is 2.37. The Hall–Kier alpha value is -2.07. The third-order valence-corrected chi connectivity index (χ3v) is 4.13. The number of nitriles is 1. The van der Waals surface area contributed by atoms with Gasteiger partial charge in [0.15, 0.2) is 5.56 Å². The summed E-state index contributed by atoms with van der Waals surface area (Å²) in [4.78, 5) is 28.4. The molecule has 0 aliphatic carbocycles. The third-order valence-electron chi connectivity index (χ3n) is 4.13. The van der Waals surface area contributed by atoms with E-state index >= 15 is 0 Å². The Morgan fingerprint density at radius 1 is 1.43 bits per heavy atom. The van der Waals surface area contributed by atoms with E-state index in [4.69, 9.17) is 4.74 Å². The van der Waals surface area contributed by atoms with Crippen molar-refractivity contribution < 1.29 is 4.74 Å². The molecule has 1 aliphatic heterocycles. The van der Waals surface area contributed by atoms with Crippen LogP contribution in [0.2, 0.25) is 0 Å². The highest BCUT2D eigenvalue weighted by molar-refractivity contribution is 5.53. The molecule has 1 atom stereocenters. The third kappa shape index (κ3) is 2.59. The van der Waals surface area contributed by atoms with E-state index in [2.05, 4.69) is 18.8 Å². The lowest BCUT2D eigenvalue weighted by molar-refractivity contribution is -0.00646. The molecule has 0 spiro atoms. The number of methoxy groups -OCH3 is 1. The summed E-state index contributed by atoms with van der Waals surface area (Å²) in [6.45, 7) is 5.36. The summed E-state index contributed by atoms with van der Waals surface area (Å²) in [5.41, 5.74) is -1.25. The number of hydrogen-bond acceptors (Lipinski definition) is 5. The van der Waals surface area contributed by atoms with E-state index in [1.165, 1.54) is 7.05 Å². The summed E-state index contributed by atoms with van der Waals surface area (Å²) in [5.74, 6) is 0.313.